The molecule has 3 heteroatoms. The van der Waals surface area contributed by atoms with E-state index in [1.807, 2.05) is 0 Å². The summed E-state index contributed by atoms with van der Waals surface area (Å²) in [5, 5.41) is 0. The van der Waals surface area contributed by atoms with Crippen LogP contribution >= 0.6 is 0 Å². The zero-order valence-corrected chi connectivity index (χ0v) is 22.6. The standard InChI is InChI=1S/C30H56O3/c1-5-7-9-11-13-15-17-31-27-21-25-26-22-28(32-18-16-14-12-10-8-6-2)24(4)20-30(26)33-29(25)19-23(27)3/h23-30H,5-22H2,1-4H3. The number of hydrogen-bond acceptors (Lipinski definition) is 3. The SMILES string of the molecule is CCCCCCCCOC1CC2C(CC1C)OC1CC(C)C(OCCCCCCCC)CC12. The maximum Gasteiger partial charge on any atom is 0.0615 e. The molecule has 3 fully saturated rings. The number of unbranched alkanes of at least 4 members (excludes halogenated alkanes) is 10. The van der Waals surface area contributed by atoms with Crippen LogP contribution in [0.25, 0.3) is 0 Å². The van der Waals surface area contributed by atoms with Crippen molar-refractivity contribution in [1.82, 2.24) is 0 Å². The van der Waals surface area contributed by atoms with Crippen molar-refractivity contribution < 1.29 is 14.2 Å². The molecule has 0 amide bonds. The second-order valence-corrected chi connectivity index (χ2v) is 11.8. The molecule has 8 atom stereocenters. The van der Waals surface area contributed by atoms with Crippen LogP contribution in [0.4, 0.5) is 0 Å². The van der Waals surface area contributed by atoms with Crippen LogP contribution in [-0.4, -0.2) is 37.6 Å². The summed E-state index contributed by atoms with van der Waals surface area (Å²) >= 11 is 0. The minimum atomic E-state index is 0.436. The third-order valence-electron chi connectivity index (χ3n) is 9.00. The molecule has 0 bridgehead atoms. The zero-order valence-electron chi connectivity index (χ0n) is 22.6. The molecular formula is C30H56O3. The van der Waals surface area contributed by atoms with Gasteiger partial charge in [0.15, 0.2) is 0 Å². The Hall–Kier alpha value is -0.120. The van der Waals surface area contributed by atoms with E-state index in [0.29, 0.717) is 48.1 Å². The van der Waals surface area contributed by atoms with E-state index in [-0.39, 0.29) is 0 Å². The van der Waals surface area contributed by atoms with Crippen LogP contribution in [0.15, 0.2) is 0 Å². The molecule has 2 saturated carbocycles. The van der Waals surface area contributed by atoms with Crippen LogP contribution in [0.1, 0.15) is 130 Å². The summed E-state index contributed by atoms with van der Waals surface area (Å²) < 4.78 is 19.6. The normalized spacial score (nSPS) is 36.0. The average molecular weight is 465 g/mol. The smallest absolute Gasteiger partial charge is 0.0615 e. The van der Waals surface area contributed by atoms with Crippen LogP contribution in [0.5, 0.6) is 0 Å². The highest BCUT2D eigenvalue weighted by Crippen LogP contribution is 2.50. The highest BCUT2D eigenvalue weighted by Gasteiger charge is 2.52. The summed E-state index contributed by atoms with van der Waals surface area (Å²) in [6.45, 7) is 11.3. The largest absolute Gasteiger partial charge is 0.378 e. The summed E-state index contributed by atoms with van der Waals surface area (Å²) in [5.74, 6) is 2.63. The van der Waals surface area contributed by atoms with Crippen molar-refractivity contribution in [3.8, 4) is 0 Å². The molecule has 8 unspecified atom stereocenters. The highest BCUT2D eigenvalue weighted by molar-refractivity contribution is 5.00. The number of rotatable bonds is 16. The summed E-state index contributed by atoms with van der Waals surface area (Å²) in [5.41, 5.74) is 0. The van der Waals surface area contributed by atoms with E-state index >= 15 is 0 Å². The fraction of sp³-hybridized carbons (Fsp3) is 1.00. The molecule has 1 heterocycles. The Bertz CT molecular complexity index is 465. The number of fused-ring (bicyclic) bond motifs is 3. The highest BCUT2D eigenvalue weighted by atomic mass is 16.5. The lowest BCUT2D eigenvalue weighted by molar-refractivity contribution is -0.0730. The molecule has 0 aromatic rings. The quantitative estimate of drug-likeness (QED) is 0.215. The van der Waals surface area contributed by atoms with Crippen LogP contribution in [0.2, 0.25) is 0 Å². The van der Waals surface area contributed by atoms with E-state index in [0.717, 1.165) is 13.2 Å². The summed E-state index contributed by atoms with van der Waals surface area (Å²) in [7, 11) is 0. The second-order valence-electron chi connectivity index (χ2n) is 11.8. The van der Waals surface area contributed by atoms with E-state index in [1.54, 1.807) is 0 Å². The van der Waals surface area contributed by atoms with E-state index in [2.05, 4.69) is 27.7 Å². The van der Waals surface area contributed by atoms with Gasteiger partial charge in [0, 0.05) is 13.2 Å². The number of hydrogen-bond donors (Lipinski definition) is 0. The van der Waals surface area contributed by atoms with Gasteiger partial charge in [-0.3, -0.25) is 0 Å². The first-order valence-corrected chi connectivity index (χ1v) is 15.0. The first-order valence-electron chi connectivity index (χ1n) is 15.0. The van der Waals surface area contributed by atoms with Gasteiger partial charge in [-0.2, -0.15) is 0 Å². The topological polar surface area (TPSA) is 27.7 Å². The lowest BCUT2D eigenvalue weighted by atomic mass is 9.68. The van der Waals surface area contributed by atoms with Gasteiger partial charge in [-0.1, -0.05) is 91.9 Å². The molecule has 33 heavy (non-hydrogen) atoms. The molecular weight excluding hydrogens is 408 g/mol. The third kappa shape index (κ3) is 8.50. The molecule has 3 rings (SSSR count). The van der Waals surface area contributed by atoms with Crippen molar-refractivity contribution in [2.75, 3.05) is 13.2 Å². The molecule has 0 spiro atoms. The Kier molecular flexibility index (Phi) is 12.6. The summed E-state index contributed by atoms with van der Waals surface area (Å²) in [6, 6.07) is 0. The minimum Gasteiger partial charge on any atom is -0.378 e. The van der Waals surface area contributed by atoms with Crippen LogP contribution in [-0.2, 0) is 14.2 Å². The molecule has 3 aliphatic rings. The molecule has 1 aliphatic heterocycles. The summed E-state index contributed by atoms with van der Waals surface area (Å²) in [6.07, 6.45) is 22.7. The van der Waals surface area contributed by atoms with E-state index < -0.39 is 0 Å². The predicted octanol–water partition coefficient (Wildman–Crippen LogP) is 8.34. The Morgan fingerprint density at radius 2 is 0.939 bits per heavy atom. The van der Waals surface area contributed by atoms with Gasteiger partial charge >= 0.3 is 0 Å². The van der Waals surface area contributed by atoms with Crippen LogP contribution in [0, 0.1) is 23.7 Å². The first-order chi connectivity index (χ1) is 16.1. The van der Waals surface area contributed by atoms with Gasteiger partial charge in [0.2, 0.25) is 0 Å². The Labute approximate surface area is 206 Å². The monoisotopic (exact) mass is 464 g/mol. The van der Waals surface area contributed by atoms with Gasteiger partial charge in [0.25, 0.3) is 0 Å². The van der Waals surface area contributed by atoms with Crippen molar-refractivity contribution in [3.05, 3.63) is 0 Å². The average Bonchev–Trinajstić information content (AvgIpc) is 3.13. The molecule has 2 aliphatic carbocycles. The zero-order chi connectivity index (χ0) is 23.5. The van der Waals surface area contributed by atoms with Crippen molar-refractivity contribution in [3.63, 3.8) is 0 Å². The first kappa shape index (κ1) is 27.5. The van der Waals surface area contributed by atoms with Gasteiger partial charge in [-0.25, -0.2) is 0 Å². The van der Waals surface area contributed by atoms with E-state index in [9.17, 15) is 0 Å². The molecule has 3 nitrogen and oxygen atoms in total. The van der Waals surface area contributed by atoms with Crippen LogP contribution < -0.4 is 0 Å². The van der Waals surface area contributed by atoms with Gasteiger partial charge in [0.1, 0.15) is 0 Å². The molecule has 194 valence electrons. The Morgan fingerprint density at radius 1 is 0.545 bits per heavy atom. The second kappa shape index (κ2) is 15.1. The molecule has 0 aromatic heterocycles. The minimum absolute atomic E-state index is 0.436. The maximum absolute atomic E-state index is 6.66. The van der Waals surface area contributed by atoms with Gasteiger partial charge in [-0.15, -0.1) is 0 Å². The van der Waals surface area contributed by atoms with Crippen molar-refractivity contribution in [2.24, 2.45) is 23.7 Å². The fourth-order valence-electron chi connectivity index (χ4n) is 6.83. The van der Waals surface area contributed by atoms with Crippen LogP contribution in [0.3, 0.4) is 0 Å². The van der Waals surface area contributed by atoms with E-state index in [1.165, 1.54) is 103 Å². The fourth-order valence-corrected chi connectivity index (χ4v) is 6.83. The Morgan fingerprint density at radius 3 is 1.36 bits per heavy atom. The van der Waals surface area contributed by atoms with Gasteiger partial charge < -0.3 is 14.2 Å². The lowest BCUT2D eigenvalue weighted by Gasteiger charge is -2.40. The maximum atomic E-state index is 6.66. The molecule has 0 aromatic carbocycles. The van der Waals surface area contributed by atoms with Gasteiger partial charge in [-0.05, 0) is 62.2 Å². The van der Waals surface area contributed by atoms with Crippen molar-refractivity contribution in [1.29, 1.82) is 0 Å². The van der Waals surface area contributed by atoms with Crippen molar-refractivity contribution in [2.45, 2.75) is 155 Å². The van der Waals surface area contributed by atoms with E-state index in [4.69, 9.17) is 14.2 Å². The Balaban J connectivity index is 1.39. The number of ether oxygens (including phenoxy) is 3. The molecule has 1 saturated heterocycles. The van der Waals surface area contributed by atoms with Gasteiger partial charge in [0.05, 0.1) is 24.4 Å². The van der Waals surface area contributed by atoms with Crippen molar-refractivity contribution >= 4 is 0 Å². The predicted molar refractivity (Wildman–Crippen MR) is 139 cm³/mol. The molecule has 0 radical (unpaired) electrons. The summed E-state index contributed by atoms with van der Waals surface area (Å²) in [4.78, 5) is 0. The third-order valence-corrected chi connectivity index (χ3v) is 9.00. The molecule has 0 N–H and O–H groups in total. The lowest BCUT2D eigenvalue weighted by Crippen LogP contribution is -2.42.